The molecule has 0 aromatic carbocycles. The van der Waals surface area contributed by atoms with Crippen molar-refractivity contribution < 1.29 is 4.79 Å². The average Bonchev–Trinajstić information content (AvgIpc) is 2.78. The van der Waals surface area contributed by atoms with E-state index in [0.29, 0.717) is 13.1 Å². The van der Waals surface area contributed by atoms with Crippen molar-refractivity contribution in [1.82, 2.24) is 24.9 Å². The molecule has 1 N–H and O–H groups in total. The van der Waals surface area contributed by atoms with Crippen molar-refractivity contribution in [2.75, 3.05) is 26.2 Å². The van der Waals surface area contributed by atoms with Gasteiger partial charge < -0.3 is 15.1 Å². The monoisotopic (exact) mass is 376 g/mol. The van der Waals surface area contributed by atoms with Crippen LogP contribution < -0.4 is 5.32 Å². The Morgan fingerprint density at radius 3 is 2.48 bits per heavy atom. The van der Waals surface area contributed by atoms with Gasteiger partial charge in [-0.1, -0.05) is 0 Å². The Labute approximate surface area is 163 Å². The van der Waals surface area contributed by atoms with Crippen LogP contribution in [0, 0.1) is 13.8 Å². The molecule has 1 aromatic heterocycles. The van der Waals surface area contributed by atoms with E-state index in [4.69, 9.17) is 4.99 Å². The fourth-order valence-electron chi connectivity index (χ4n) is 4.19. The van der Waals surface area contributed by atoms with Gasteiger partial charge in [-0.2, -0.15) is 5.10 Å². The third-order valence-electron chi connectivity index (χ3n) is 5.26. The number of carbonyl (C=O) groups is 1. The zero-order chi connectivity index (χ0) is 20.4. The normalized spacial score (nSPS) is 17.8. The first kappa shape index (κ1) is 21.3. The number of amides is 1. The Morgan fingerprint density at radius 1 is 1.33 bits per heavy atom. The van der Waals surface area contributed by atoms with E-state index < -0.39 is 0 Å². The number of rotatable bonds is 5. The summed E-state index contributed by atoms with van der Waals surface area (Å²) < 4.78 is 1.92. The molecule has 1 amide bonds. The second-order valence-electron chi connectivity index (χ2n) is 8.28. The van der Waals surface area contributed by atoms with Gasteiger partial charge in [0.1, 0.15) is 0 Å². The van der Waals surface area contributed by atoms with Crippen molar-refractivity contribution in [2.24, 2.45) is 12.0 Å². The number of aliphatic imine (C=N–C) groups is 1. The predicted molar refractivity (Wildman–Crippen MR) is 110 cm³/mol. The minimum atomic E-state index is -0.226. The largest absolute Gasteiger partial charge is 0.357 e. The Balaban J connectivity index is 2.14. The van der Waals surface area contributed by atoms with Crippen LogP contribution in [-0.2, 0) is 18.3 Å². The third kappa shape index (κ3) is 4.62. The van der Waals surface area contributed by atoms with Crippen LogP contribution in [0.5, 0.6) is 0 Å². The Morgan fingerprint density at radius 2 is 2.00 bits per heavy atom. The molecule has 1 aliphatic heterocycles. The van der Waals surface area contributed by atoms with Gasteiger partial charge in [-0.3, -0.25) is 14.5 Å². The Kier molecular flexibility index (Phi) is 6.54. The van der Waals surface area contributed by atoms with Crippen LogP contribution in [-0.4, -0.2) is 69.2 Å². The highest BCUT2D eigenvalue weighted by Crippen LogP contribution is 2.24. The van der Waals surface area contributed by atoms with Gasteiger partial charge >= 0.3 is 0 Å². The summed E-state index contributed by atoms with van der Waals surface area (Å²) in [4.78, 5) is 21.7. The minimum absolute atomic E-state index is 0.158. The standard InChI is InChI=1S/C20H36N6O/c1-9-21-19(22-11-10-17-15(4)23-24(8)16(17)5)25-12-18(27)26(14(2)3)20(6,7)13-25/h14H,9-13H2,1-8H3,(H,21,22). The summed E-state index contributed by atoms with van der Waals surface area (Å²) in [5, 5.41) is 7.84. The molecule has 1 aromatic rings. The lowest BCUT2D eigenvalue weighted by Gasteiger charge is -2.49. The predicted octanol–water partition coefficient (Wildman–Crippen LogP) is 1.88. The summed E-state index contributed by atoms with van der Waals surface area (Å²) >= 11 is 0. The van der Waals surface area contributed by atoms with Crippen molar-refractivity contribution in [3.63, 3.8) is 0 Å². The fourth-order valence-corrected chi connectivity index (χ4v) is 4.19. The SMILES string of the molecule is CCNC(=NCCc1c(C)nn(C)c1C)N1CC(=O)N(C(C)C)C(C)(C)C1. The van der Waals surface area contributed by atoms with Gasteiger partial charge in [0, 0.05) is 38.4 Å². The lowest BCUT2D eigenvalue weighted by molar-refractivity contribution is -0.145. The summed E-state index contributed by atoms with van der Waals surface area (Å²) in [6.07, 6.45) is 0.851. The molecule has 0 bridgehead atoms. The molecule has 0 spiro atoms. The molecule has 1 aliphatic rings. The topological polar surface area (TPSA) is 65.8 Å². The smallest absolute Gasteiger partial charge is 0.242 e. The first-order valence-corrected chi connectivity index (χ1v) is 9.93. The van der Waals surface area contributed by atoms with Gasteiger partial charge in [-0.05, 0) is 60.5 Å². The number of nitrogens with zero attached hydrogens (tertiary/aromatic N) is 5. The van der Waals surface area contributed by atoms with Crippen LogP contribution in [0.25, 0.3) is 0 Å². The van der Waals surface area contributed by atoms with Crippen LogP contribution in [0.4, 0.5) is 0 Å². The summed E-state index contributed by atoms with van der Waals surface area (Å²) in [7, 11) is 1.97. The molecular formula is C20H36N6O. The van der Waals surface area contributed by atoms with Crippen molar-refractivity contribution >= 4 is 11.9 Å². The van der Waals surface area contributed by atoms with E-state index in [1.54, 1.807) is 0 Å². The van der Waals surface area contributed by atoms with E-state index >= 15 is 0 Å². The molecule has 1 saturated heterocycles. The molecule has 0 aliphatic carbocycles. The van der Waals surface area contributed by atoms with E-state index in [2.05, 4.69) is 56.9 Å². The highest BCUT2D eigenvalue weighted by Gasteiger charge is 2.40. The summed E-state index contributed by atoms with van der Waals surface area (Å²) in [6, 6.07) is 0.200. The number of aromatic nitrogens is 2. The molecule has 2 rings (SSSR count). The zero-order valence-corrected chi connectivity index (χ0v) is 18.3. The summed E-state index contributed by atoms with van der Waals surface area (Å²) in [5.74, 6) is 0.979. The van der Waals surface area contributed by atoms with E-state index in [1.807, 2.05) is 23.6 Å². The van der Waals surface area contributed by atoms with E-state index in [0.717, 1.165) is 31.2 Å². The highest BCUT2D eigenvalue weighted by atomic mass is 16.2. The number of carbonyl (C=O) groups excluding carboxylic acids is 1. The van der Waals surface area contributed by atoms with Crippen molar-refractivity contribution in [3.8, 4) is 0 Å². The van der Waals surface area contributed by atoms with Crippen molar-refractivity contribution in [1.29, 1.82) is 0 Å². The van der Waals surface area contributed by atoms with Crippen LogP contribution >= 0.6 is 0 Å². The molecule has 7 heteroatoms. The Hall–Kier alpha value is -2.05. The van der Waals surface area contributed by atoms with Gasteiger partial charge in [0.15, 0.2) is 5.96 Å². The third-order valence-corrected chi connectivity index (χ3v) is 5.26. The Bertz CT molecular complexity index is 704. The maximum absolute atomic E-state index is 12.7. The molecular weight excluding hydrogens is 340 g/mol. The van der Waals surface area contributed by atoms with Crippen LogP contribution in [0.2, 0.25) is 0 Å². The number of hydrogen-bond acceptors (Lipinski definition) is 3. The lowest BCUT2D eigenvalue weighted by Crippen LogP contribution is -2.66. The zero-order valence-electron chi connectivity index (χ0n) is 18.3. The van der Waals surface area contributed by atoms with Crippen molar-refractivity contribution in [2.45, 2.75) is 66.5 Å². The minimum Gasteiger partial charge on any atom is -0.357 e. The average molecular weight is 377 g/mol. The number of guanidine groups is 1. The molecule has 27 heavy (non-hydrogen) atoms. The quantitative estimate of drug-likeness (QED) is 0.629. The maximum atomic E-state index is 12.7. The van der Waals surface area contributed by atoms with E-state index in [-0.39, 0.29) is 17.5 Å². The number of aryl methyl sites for hydroxylation is 2. The van der Waals surface area contributed by atoms with Gasteiger partial charge in [0.05, 0.1) is 17.8 Å². The second kappa shape index (κ2) is 8.31. The number of hydrogen-bond donors (Lipinski definition) is 1. The molecule has 0 radical (unpaired) electrons. The summed E-state index contributed by atoms with van der Waals surface area (Å²) in [5.41, 5.74) is 3.29. The van der Waals surface area contributed by atoms with E-state index in [1.165, 1.54) is 11.3 Å². The summed E-state index contributed by atoms with van der Waals surface area (Å²) in [6.45, 7) is 17.2. The molecule has 2 heterocycles. The van der Waals surface area contributed by atoms with Gasteiger partial charge in [-0.15, -0.1) is 0 Å². The van der Waals surface area contributed by atoms with Crippen LogP contribution in [0.3, 0.4) is 0 Å². The molecule has 7 nitrogen and oxygen atoms in total. The first-order valence-electron chi connectivity index (χ1n) is 9.93. The molecule has 0 atom stereocenters. The number of nitrogens with one attached hydrogen (secondary N) is 1. The molecule has 0 unspecified atom stereocenters. The van der Waals surface area contributed by atoms with Crippen molar-refractivity contribution in [3.05, 3.63) is 17.0 Å². The highest BCUT2D eigenvalue weighted by molar-refractivity contribution is 5.88. The number of piperazine rings is 1. The first-order chi connectivity index (χ1) is 12.6. The van der Waals surface area contributed by atoms with E-state index in [9.17, 15) is 4.79 Å². The van der Waals surface area contributed by atoms with Crippen LogP contribution in [0.1, 0.15) is 51.6 Å². The lowest BCUT2D eigenvalue weighted by atomic mass is 9.96. The second-order valence-corrected chi connectivity index (χ2v) is 8.28. The molecule has 152 valence electrons. The van der Waals surface area contributed by atoms with Crippen LogP contribution in [0.15, 0.2) is 4.99 Å². The fraction of sp³-hybridized carbons (Fsp3) is 0.750. The molecule has 0 saturated carbocycles. The van der Waals surface area contributed by atoms with Gasteiger partial charge in [0.2, 0.25) is 5.91 Å². The van der Waals surface area contributed by atoms with Gasteiger partial charge in [0.25, 0.3) is 0 Å². The maximum Gasteiger partial charge on any atom is 0.242 e. The molecule has 1 fully saturated rings. The van der Waals surface area contributed by atoms with Gasteiger partial charge in [-0.25, -0.2) is 0 Å².